The van der Waals surface area contributed by atoms with E-state index < -0.39 is 9.73 Å². The predicted molar refractivity (Wildman–Crippen MR) is 92.7 cm³/mol. The van der Waals surface area contributed by atoms with Crippen molar-refractivity contribution in [3.8, 4) is 0 Å². The van der Waals surface area contributed by atoms with Crippen molar-refractivity contribution in [3.05, 3.63) is 42.0 Å². The standard InChI is InChI=1S/C18H27NOS/c1-6-13-18(7-2)14-16(15-11-9-8-10-12-15)21(20,19-18)17(3,4)5/h8-12,14H,6-7,13H2,1-5H3/t18-,21+/m0/s1. The highest BCUT2D eigenvalue weighted by Gasteiger charge is 2.42. The second kappa shape index (κ2) is 5.60. The normalized spacial score (nSPS) is 29.1. The van der Waals surface area contributed by atoms with Gasteiger partial charge in [0.05, 0.1) is 24.9 Å². The Kier molecular flexibility index (Phi) is 4.34. The van der Waals surface area contributed by atoms with E-state index >= 15 is 0 Å². The first-order chi connectivity index (χ1) is 9.78. The van der Waals surface area contributed by atoms with Gasteiger partial charge in [0.1, 0.15) is 0 Å². The van der Waals surface area contributed by atoms with Gasteiger partial charge in [-0.1, -0.05) is 50.6 Å². The van der Waals surface area contributed by atoms with Gasteiger partial charge in [0, 0.05) is 0 Å². The second-order valence-corrected chi connectivity index (χ2v) is 9.71. The summed E-state index contributed by atoms with van der Waals surface area (Å²) in [7, 11) is -2.42. The van der Waals surface area contributed by atoms with Crippen molar-refractivity contribution >= 4 is 14.6 Å². The van der Waals surface area contributed by atoms with Crippen LogP contribution in [0.25, 0.3) is 4.91 Å². The van der Waals surface area contributed by atoms with E-state index in [1.165, 1.54) is 0 Å². The smallest absolute Gasteiger partial charge is 0.0897 e. The lowest BCUT2D eigenvalue weighted by Crippen LogP contribution is -2.28. The summed E-state index contributed by atoms with van der Waals surface area (Å²) < 4.78 is 18.3. The van der Waals surface area contributed by atoms with E-state index in [1.54, 1.807) is 0 Å². The molecule has 0 unspecified atom stereocenters. The van der Waals surface area contributed by atoms with Crippen molar-refractivity contribution in [2.45, 2.75) is 64.2 Å². The summed E-state index contributed by atoms with van der Waals surface area (Å²) in [6, 6.07) is 10.1. The van der Waals surface area contributed by atoms with E-state index in [1.807, 2.05) is 51.1 Å². The third kappa shape index (κ3) is 2.80. The van der Waals surface area contributed by atoms with Gasteiger partial charge in [-0.25, -0.2) is 8.57 Å². The zero-order chi connectivity index (χ0) is 15.7. The molecule has 0 bridgehead atoms. The van der Waals surface area contributed by atoms with E-state index in [9.17, 15) is 4.21 Å². The monoisotopic (exact) mass is 305 g/mol. The Labute approximate surface area is 129 Å². The van der Waals surface area contributed by atoms with Crippen LogP contribution in [0.5, 0.6) is 0 Å². The Hall–Kier alpha value is -1.09. The minimum absolute atomic E-state index is 0.260. The molecule has 0 fully saturated rings. The molecule has 1 heterocycles. The predicted octanol–water partition coefficient (Wildman–Crippen LogP) is 5.26. The highest BCUT2D eigenvalue weighted by molar-refractivity contribution is 8.04. The molecule has 116 valence electrons. The number of hydrogen-bond donors (Lipinski definition) is 0. The highest BCUT2D eigenvalue weighted by Crippen LogP contribution is 2.45. The van der Waals surface area contributed by atoms with Gasteiger partial charge in [-0.15, -0.1) is 0 Å². The summed E-state index contributed by atoms with van der Waals surface area (Å²) >= 11 is 0. The Balaban J connectivity index is 2.69. The lowest BCUT2D eigenvalue weighted by Gasteiger charge is -2.26. The highest BCUT2D eigenvalue weighted by atomic mass is 32.2. The molecule has 0 radical (unpaired) electrons. The van der Waals surface area contributed by atoms with Crippen LogP contribution in [0.15, 0.2) is 40.8 Å². The minimum atomic E-state index is -2.42. The first kappa shape index (κ1) is 16.3. The SMILES string of the molecule is CCC[C@@]1(CC)C=C(c2ccccc2)[S@@](=O)(C(C)(C)C)=N1. The first-order valence-electron chi connectivity index (χ1n) is 7.84. The molecular formula is C18H27NOS. The Morgan fingerprint density at radius 3 is 2.24 bits per heavy atom. The van der Waals surface area contributed by atoms with Gasteiger partial charge in [0.2, 0.25) is 0 Å². The van der Waals surface area contributed by atoms with Crippen LogP contribution in [0.4, 0.5) is 0 Å². The van der Waals surface area contributed by atoms with Gasteiger partial charge in [-0.05, 0) is 45.3 Å². The molecule has 0 saturated heterocycles. The maximum absolute atomic E-state index is 13.8. The number of hydrogen-bond acceptors (Lipinski definition) is 2. The lowest BCUT2D eigenvalue weighted by molar-refractivity contribution is 0.475. The van der Waals surface area contributed by atoms with Gasteiger partial charge < -0.3 is 0 Å². The van der Waals surface area contributed by atoms with Gasteiger partial charge in [0.25, 0.3) is 0 Å². The molecule has 1 aliphatic heterocycles. The first-order valence-corrected chi connectivity index (χ1v) is 9.36. The zero-order valence-electron chi connectivity index (χ0n) is 13.8. The number of rotatable bonds is 4. The van der Waals surface area contributed by atoms with Gasteiger partial charge in [-0.2, -0.15) is 0 Å². The van der Waals surface area contributed by atoms with Crippen LogP contribution in [0.3, 0.4) is 0 Å². The molecule has 0 saturated carbocycles. The van der Waals surface area contributed by atoms with Crippen molar-refractivity contribution in [3.63, 3.8) is 0 Å². The van der Waals surface area contributed by atoms with Crippen molar-refractivity contribution in [2.75, 3.05) is 0 Å². The Morgan fingerprint density at radius 1 is 1.14 bits per heavy atom. The molecule has 2 atom stereocenters. The van der Waals surface area contributed by atoms with Gasteiger partial charge in [-0.3, -0.25) is 0 Å². The molecule has 0 spiro atoms. The molecule has 3 heteroatoms. The van der Waals surface area contributed by atoms with Crippen LogP contribution in [0, 0.1) is 0 Å². The average Bonchev–Trinajstić information content (AvgIpc) is 2.75. The molecule has 0 aromatic heterocycles. The van der Waals surface area contributed by atoms with E-state index in [-0.39, 0.29) is 10.3 Å². The van der Waals surface area contributed by atoms with Crippen LogP contribution in [0.2, 0.25) is 0 Å². The molecule has 1 aromatic carbocycles. The molecule has 1 aliphatic rings. The topological polar surface area (TPSA) is 29.4 Å². The third-order valence-electron chi connectivity index (χ3n) is 4.19. The van der Waals surface area contributed by atoms with Crippen LogP contribution in [-0.2, 0) is 9.73 Å². The fraction of sp³-hybridized carbons (Fsp3) is 0.556. The summed E-state index contributed by atoms with van der Waals surface area (Å²) in [4.78, 5) is 0.936. The van der Waals surface area contributed by atoms with E-state index in [4.69, 9.17) is 4.36 Å². The van der Waals surface area contributed by atoms with Gasteiger partial charge in [0.15, 0.2) is 0 Å². The summed E-state index contributed by atoms with van der Waals surface area (Å²) in [5, 5.41) is 0. The van der Waals surface area contributed by atoms with E-state index in [0.29, 0.717) is 0 Å². The molecule has 0 amide bonds. The zero-order valence-corrected chi connectivity index (χ0v) is 14.7. The third-order valence-corrected chi connectivity index (χ3v) is 7.42. The molecule has 0 aliphatic carbocycles. The van der Waals surface area contributed by atoms with E-state index in [0.717, 1.165) is 29.7 Å². The number of nitrogens with zero attached hydrogens (tertiary/aromatic N) is 1. The summed E-state index contributed by atoms with van der Waals surface area (Å²) in [6.45, 7) is 10.4. The molecule has 2 nitrogen and oxygen atoms in total. The summed E-state index contributed by atoms with van der Waals surface area (Å²) in [6.07, 6.45) is 5.12. The van der Waals surface area contributed by atoms with Crippen molar-refractivity contribution in [2.24, 2.45) is 4.36 Å². The van der Waals surface area contributed by atoms with Crippen LogP contribution in [-0.4, -0.2) is 14.5 Å². The second-order valence-electron chi connectivity index (χ2n) is 6.81. The van der Waals surface area contributed by atoms with Crippen LogP contribution < -0.4 is 0 Å². The number of benzene rings is 1. The molecule has 2 rings (SSSR count). The molecule has 1 aromatic rings. The van der Waals surface area contributed by atoms with Crippen molar-refractivity contribution in [1.82, 2.24) is 0 Å². The Morgan fingerprint density at radius 2 is 1.76 bits per heavy atom. The maximum atomic E-state index is 13.8. The summed E-state index contributed by atoms with van der Waals surface area (Å²) in [5.74, 6) is 0. The van der Waals surface area contributed by atoms with Crippen molar-refractivity contribution in [1.29, 1.82) is 0 Å². The fourth-order valence-electron chi connectivity index (χ4n) is 2.86. The van der Waals surface area contributed by atoms with Crippen LogP contribution >= 0.6 is 0 Å². The quantitative estimate of drug-likeness (QED) is 0.746. The summed E-state index contributed by atoms with van der Waals surface area (Å²) in [5.41, 5.74) is 0.789. The largest absolute Gasteiger partial charge is 0.244 e. The molecule has 0 N–H and O–H groups in total. The van der Waals surface area contributed by atoms with E-state index in [2.05, 4.69) is 19.9 Å². The Bertz CT molecular complexity index is 646. The van der Waals surface area contributed by atoms with Gasteiger partial charge >= 0.3 is 0 Å². The van der Waals surface area contributed by atoms with Crippen LogP contribution in [0.1, 0.15) is 59.4 Å². The average molecular weight is 305 g/mol. The maximum Gasteiger partial charge on any atom is 0.0897 e. The minimum Gasteiger partial charge on any atom is -0.244 e. The van der Waals surface area contributed by atoms with Crippen molar-refractivity contribution < 1.29 is 4.21 Å². The lowest BCUT2D eigenvalue weighted by atomic mass is 9.91. The fourth-order valence-corrected chi connectivity index (χ4v) is 5.51. The molecular weight excluding hydrogens is 278 g/mol. The molecule has 21 heavy (non-hydrogen) atoms.